The van der Waals surface area contributed by atoms with Crippen LogP contribution < -0.4 is 16.4 Å². The van der Waals surface area contributed by atoms with E-state index in [1.165, 1.54) is 31.2 Å². The zero-order chi connectivity index (χ0) is 20.7. The maximum Gasteiger partial charge on any atom is 0.326 e. The number of aryl methyl sites for hydroxylation is 1. The van der Waals surface area contributed by atoms with Crippen LogP contribution in [0.5, 0.6) is 0 Å². The van der Waals surface area contributed by atoms with Crippen LogP contribution in [0.4, 0.5) is 5.69 Å². The molecule has 0 spiro atoms. The Kier molecular flexibility index (Phi) is 6.86. The lowest BCUT2D eigenvalue weighted by Gasteiger charge is -2.14. The number of benzene rings is 2. The zero-order valence-corrected chi connectivity index (χ0v) is 15.5. The van der Waals surface area contributed by atoms with Crippen LogP contribution in [-0.2, 0) is 14.3 Å². The Morgan fingerprint density at radius 3 is 2.32 bits per heavy atom. The third-order valence-corrected chi connectivity index (χ3v) is 3.79. The van der Waals surface area contributed by atoms with E-state index < -0.39 is 29.8 Å². The average molecular weight is 383 g/mol. The number of hydrogen-bond acceptors (Lipinski definition) is 5. The molecular weight excluding hydrogens is 362 g/mol. The van der Waals surface area contributed by atoms with Crippen molar-refractivity contribution in [2.24, 2.45) is 5.73 Å². The lowest BCUT2D eigenvalue weighted by Crippen LogP contribution is -2.35. The van der Waals surface area contributed by atoms with Gasteiger partial charge >= 0.3 is 5.97 Å². The van der Waals surface area contributed by atoms with Gasteiger partial charge in [0.05, 0.1) is 0 Å². The molecule has 28 heavy (non-hydrogen) atoms. The Morgan fingerprint density at radius 1 is 1.04 bits per heavy atom. The molecule has 0 aliphatic rings. The summed E-state index contributed by atoms with van der Waals surface area (Å²) in [5, 5.41) is 5.00. The predicted molar refractivity (Wildman–Crippen MR) is 103 cm³/mol. The second kappa shape index (κ2) is 9.31. The van der Waals surface area contributed by atoms with Crippen molar-refractivity contribution < 1.29 is 23.9 Å². The van der Waals surface area contributed by atoms with Gasteiger partial charge in [0, 0.05) is 16.8 Å². The average Bonchev–Trinajstić information content (AvgIpc) is 2.66. The topological polar surface area (TPSA) is 128 Å². The van der Waals surface area contributed by atoms with Gasteiger partial charge in [0.2, 0.25) is 5.91 Å². The quantitative estimate of drug-likeness (QED) is 0.623. The monoisotopic (exact) mass is 383 g/mol. The largest absolute Gasteiger partial charge is 0.451 e. The number of esters is 1. The number of ether oxygens (including phenoxy) is 1. The molecule has 3 amide bonds. The molecule has 0 aromatic heterocycles. The molecule has 0 saturated carbocycles. The first kappa shape index (κ1) is 20.6. The Morgan fingerprint density at radius 2 is 1.71 bits per heavy atom. The maximum atomic E-state index is 12.1. The van der Waals surface area contributed by atoms with Crippen molar-refractivity contribution in [3.63, 3.8) is 0 Å². The van der Waals surface area contributed by atoms with Gasteiger partial charge in [-0.2, -0.15) is 0 Å². The van der Waals surface area contributed by atoms with E-state index in [0.29, 0.717) is 16.8 Å². The Balaban J connectivity index is 1.81. The van der Waals surface area contributed by atoms with Gasteiger partial charge in [-0.05, 0) is 50.2 Å². The minimum Gasteiger partial charge on any atom is -0.451 e. The Labute approximate surface area is 162 Å². The van der Waals surface area contributed by atoms with Crippen molar-refractivity contribution in [1.82, 2.24) is 5.32 Å². The van der Waals surface area contributed by atoms with Gasteiger partial charge in [-0.15, -0.1) is 0 Å². The van der Waals surface area contributed by atoms with E-state index in [-0.39, 0.29) is 6.54 Å². The summed E-state index contributed by atoms with van der Waals surface area (Å²) in [4.78, 5) is 47.0. The highest BCUT2D eigenvalue weighted by Crippen LogP contribution is 2.10. The van der Waals surface area contributed by atoms with Gasteiger partial charge in [-0.25, -0.2) is 0 Å². The maximum absolute atomic E-state index is 12.1. The molecule has 8 heteroatoms. The van der Waals surface area contributed by atoms with Crippen molar-refractivity contribution in [2.75, 3.05) is 11.9 Å². The summed E-state index contributed by atoms with van der Waals surface area (Å²) in [6.45, 7) is 2.90. The van der Waals surface area contributed by atoms with Crippen LogP contribution in [0.1, 0.15) is 33.2 Å². The van der Waals surface area contributed by atoms with E-state index in [2.05, 4.69) is 10.6 Å². The first-order valence-electron chi connectivity index (χ1n) is 8.51. The molecule has 8 nitrogen and oxygen atoms in total. The number of nitrogens with one attached hydrogen (secondary N) is 2. The zero-order valence-electron chi connectivity index (χ0n) is 15.5. The lowest BCUT2D eigenvalue weighted by molar-refractivity contribution is -0.152. The summed E-state index contributed by atoms with van der Waals surface area (Å²) in [6.07, 6.45) is -1.07. The summed E-state index contributed by atoms with van der Waals surface area (Å²) >= 11 is 0. The molecule has 2 aromatic rings. The number of primary amides is 1. The molecule has 4 N–H and O–H groups in total. The van der Waals surface area contributed by atoms with Crippen molar-refractivity contribution in [1.29, 1.82) is 0 Å². The molecule has 0 aliphatic carbocycles. The normalized spacial score (nSPS) is 11.2. The van der Waals surface area contributed by atoms with E-state index in [1.807, 2.05) is 13.0 Å². The van der Waals surface area contributed by atoms with Crippen molar-refractivity contribution in [3.05, 3.63) is 65.2 Å². The van der Waals surface area contributed by atoms with Crippen LogP contribution in [0.25, 0.3) is 0 Å². The van der Waals surface area contributed by atoms with Gasteiger partial charge in [-0.1, -0.05) is 17.7 Å². The SMILES string of the molecule is Cc1cccc(C(=O)NCC(=O)O[C@@H](C)C(=O)Nc2ccc(C(N)=O)cc2)c1. The molecule has 0 heterocycles. The predicted octanol–water partition coefficient (Wildman–Crippen LogP) is 1.39. The third-order valence-electron chi connectivity index (χ3n) is 3.79. The fourth-order valence-corrected chi connectivity index (χ4v) is 2.29. The molecule has 0 unspecified atom stereocenters. The van der Waals surface area contributed by atoms with Crippen LogP contribution in [0.3, 0.4) is 0 Å². The highest BCUT2D eigenvalue weighted by molar-refractivity contribution is 5.98. The Hall–Kier alpha value is -3.68. The molecular formula is C20H21N3O5. The van der Waals surface area contributed by atoms with E-state index >= 15 is 0 Å². The molecule has 0 saturated heterocycles. The minimum atomic E-state index is -1.07. The second-order valence-corrected chi connectivity index (χ2v) is 6.12. The highest BCUT2D eigenvalue weighted by atomic mass is 16.5. The number of hydrogen-bond donors (Lipinski definition) is 3. The standard InChI is InChI=1S/C20H21N3O5/c1-12-4-3-5-15(10-12)20(27)22-11-17(24)28-13(2)19(26)23-16-8-6-14(7-9-16)18(21)25/h3-10,13H,11H2,1-2H3,(H2,21,25)(H,22,27)(H,23,26)/t13-/m0/s1. The number of nitrogens with two attached hydrogens (primary N) is 1. The first-order valence-corrected chi connectivity index (χ1v) is 8.51. The number of rotatable bonds is 7. The first-order chi connectivity index (χ1) is 13.3. The summed E-state index contributed by atoms with van der Waals surface area (Å²) in [7, 11) is 0. The summed E-state index contributed by atoms with van der Waals surface area (Å²) in [5.74, 6) is -2.28. The van der Waals surface area contributed by atoms with Crippen LogP contribution >= 0.6 is 0 Å². The van der Waals surface area contributed by atoms with Crippen LogP contribution in [-0.4, -0.2) is 36.3 Å². The van der Waals surface area contributed by atoms with Gasteiger partial charge in [0.25, 0.3) is 11.8 Å². The molecule has 146 valence electrons. The van der Waals surface area contributed by atoms with Crippen molar-refractivity contribution in [2.45, 2.75) is 20.0 Å². The molecule has 2 rings (SSSR count). The molecule has 2 aromatic carbocycles. The summed E-state index contributed by atoms with van der Waals surface area (Å²) in [5.41, 5.74) is 7.23. The van der Waals surface area contributed by atoms with E-state index in [4.69, 9.17) is 10.5 Å². The number of carbonyl (C=O) groups is 4. The number of carbonyl (C=O) groups excluding carboxylic acids is 4. The smallest absolute Gasteiger partial charge is 0.326 e. The molecule has 0 aliphatic heterocycles. The van der Waals surface area contributed by atoms with Crippen LogP contribution in [0.15, 0.2) is 48.5 Å². The van der Waals surface area contributed by atoms with Gasteiger partial charge in [0.1, 0.15) is 6.54 Å². The fourth-order valence-electron chi connectivity index (χ4n) is 2.29. The van der Waals surface area contributed by atoms with E-state index in [1.54, 1.807) is 18.2 Å². The van der Waals surface area contributed by atoms with E-state index in [9.17, 15) is 19.2 Å². The number of amides is 3. The summed E-state index contributed by atoms with van der Waals surface area (Å²) < 4.78 is 5.02. The van der Waals surface area contributed by atoms with E-state index in [0.717, 1.165) is 5.56 Å². The third kappa shape index (κ3) is 5.94. The van der Waals surface area contributed by atoms with Crippen LogP contribution in [0.2, 0.25) is 0 Å². The minimum absolute atomic E-state index is 0.307. The van der Waals surface area contributed by atoms with Crippen molar-refractivity contribution in [3.8, 4) is 0 Å². The molecule has 1 atom stereocenters. The fraction of sp³-hybridized carbons (Fsp3) is 0.200. The Bertz CT molecular complexity index is 893. The molecule has 0 fully saturated rings. The van der Waals surface area contributed by atoms with Gasteiger partial charge < -0.3 is 21.1 Å². The van der Waals surface area contributed by atoms with Crippen LogP contribution in [0, 0.1) is 6.92 Å². The summed E-state index contributed by atoms with van der Waals surface area (Å²) in [6, 6.07) is 12.9. The van der Waals surface area contributed by atoms with Gasteiger partial charge in [0.15, 0.2) is 6.10 Å². The lowest BCUT2D eigenvalue weighted by atomic mass is 10.1. The number of anilines is 1. The molecule has 0 radical (unpaired) electrons. The van der Waals surface area contributed by atoms with Crippen molar-refractivity contribution >= 4 is 29.4 Å². The van der Waals surface area contributed by atoms with Gasteiger partial charge in [-0.3, -0.25) is 19.2 Å². The molecule has 0 bridgehead atoms. The highest BCUT2D eigenvalue weighted by Gasteiger charge is 2.18. The second-order valence-electron chi connectivity index (χ2n) is 6.12.